The molecule has 1 aliphatic carbocycles. The van der Waals surface area contributed by atoms with Crippen molar-refractivity contribution >= 4 is 27.4 Å². The Bertz CT molecular complexity index is 856. The summed E-state index contributed by atoms with van der Waals surface area (Å²) in [7, 11) is 0. The molecule has 24 heavy (non-hydrogen) atoms. The van der Waals surface area contributed by atoms with Crippen LogP contribution >= 0.6 is 11.3 Å². The van der Waals surface area contributed by atoms with Gasteiger partial charge < -0.3 is 10.4 Å². The second-order valence-corrected chi connectivity index (χ2v) is 7.21. The zero-order chi connectivity index (χ0) is 16.5. The molecule has 6 nitrogen and oxygen atoms in total. The van der Waals surface area contributed by atoms with Gasteiger partial charge in [-0.2, -0.15) is 5.10 Å². The molecule has 0 unspecified atom stereocenters. The third kappa shape index (κ3) is 2.67. The highest BCUT2D eigenvalue weighted by atomic mass is 32.1. The van der Waals surface area contributed by atoms with Gasteiger partial charge in [-0.25, -0.2) is 9.97 Å². The van der Waals surface area contributed by atoms with Crippen LogP contribution in [0.4, 0.5) is 5.82 Å². The number of aromatic nitrogens is 4. The Morgan fingerprint density at radius 1 is 1.42 bits per heavy atom. The highest BCUT2D eigenvalue weighted by Gasteiger charge is 2.25. The second-order valence-electron chi connectivity index (χ2n) is 6.09. The van der Waals surface area contributed by atoms with Crippen molar-refractivity contribution in [1.29, 1.82) is 0 Å². The summed E-state index contributed by atoms with van der Waals surface area (Å²) in [4.78, 5) is 11.2. The van der Waals surface area contributed by atoms with Gasteiger partial charge in [0.25, 0.3) is 0 Å². The van der Waals surface area contributed by atoms with Crippen molar-refractivity contribution in [2.75, 3.05) is 11.9 Å². The fourth-order valence-electron chi connectivity index (χ4n) is 3.42. The molecule has 0 radical (unpaired) electrons. The molecule has 0 spiro atoms. The van der Waals surface area contributed by atoms with Crippen LogP contribution in [0.25, 0.3) is 10.2 Å². The summed E-state index contributed by atoms with van der Waals surface area (Å²) in [5.41, 5.74) is 2.46. The summed E-state index contributed by atoms with van der Waals surface area (Å²) in [6, 6.07) is 2.41. The summed E-state index contributed by atoms with van der Waals surface area (Å²) in [5.74, 6) is 0.906. The first kappa shape index (κ1) is 15.5. The van der Waals surface area contributed by atoms with E-state index in [1.54, 1.807) is 17.7 Å². The van der Waals surface area contributed by atoms with E-state index in [0.29, 0.717) is 6.54 Å². The molecular weight excluding hydrogens is 322 g/mol. The molecule has 3 heterocycles. The van der Waals surface area contributed by atoms with E-state index in [1.165, 1.54) is 16.1 Å². The zero-order valence-electron chi connectivity index (χ0n) is 13.7. The number of rotatable bonds is 5. The van der Waals surface area contributed by atoms with Crippen LogP contribution in [0.3, 0.4) is 0 Å². The Hall–Kier alpha value is -1.99. The van der Waals surface area contributed by atoms with Gasteiger partial charge in [-0.3, -0.25) is 4.68 Å². The molecule has 0 aliphatic heterocycles. The molecule has 3 aromatic rings. The predicted octanol–water partition coefficient (Wildman–Crippen LogP) is 2.93. The first-order chi connectivity index (χ1) is 11.8. The summed E-state index contributed by atoms with van der Waals surface area (Å²) >= 11 is 1.73. The van der Waals surface area contributed by atoms with Crippen molar-refractivity contribution in [3.63, 3.8) is 0 Å². The predicted molar refractivity (Wildman–Crippen MR) is 95.4 cm³/mol. The molecular formula is C17H21N5OS. The largest absolute Gasteiger partial charge is 0.394 e. The van der Waals surface area contributed by atoms with Gasteiger partial charge in [0.2, 0.25) is 0 Å². The first-order valence-corrected chi connectivity index (χ1v) is 9.27. The zero-order valence-corrected chi connectivity index (χ0v) is 14.5. The molecule has 0 amide bonds. The Balaban J connectivity index is 1.66. The number of thiophene rings is 1. The number of fused-ring (bicyclic) bond motifs is 2. The molecule has 1 aliphatic rings. The number of aryl methyl sites for hydroxylation is 1. The van der Waals surface area contributed by atoms with Crippen molar-refractivity contribution < 1.29 is 5.11 Å². The number of aliphatic hydroxyl groups is 1. The van der Waals surface area contributed by atoms with Crippen LogP contribution in [0.5, 0.6) is 0 Å². The lowest BCUT2D eigenvalue weighted by atomic mass is 9.93. The van der Waals surface area contributed by atoms with Gasteiger partial charge >= 0.3 is 0 Å². The summed E-state index contributed by atoms with van der Waals surface area (Å²) in [5, 5.41) is 18.4. The SMILES string of the molecule is CCc1cc2c(N[C@H]3CCCc4c3cnn4CCO)ncnc2s1. The molecule has 2 N–H and O–H groups in total. The molecule has 126 valence electrons. The lowest BCUT2D eigenvalue weighted by molar-refractivity contribution is 0.266. The quantitative estimate of drug-likeness (QED) is 0.745. The van der Waals surface area contributed by atoms with Crippen LogP contribution in [0.15, 0.2) is 18.6 Å². The lowest BCUT2D eigenvalue weighted by Crippen LogP contribution is -2.19. The fraction of sp³-hybridized carbons (Fsp3) is 0.471. The number of nitrogens with zero attached hydrogens (tertiary/aromatic N) is 4. The highest BCUT2D eigenvalue weighted by Crippen LogP contribution is 2.35. The number of aliphatic hydroxyl groups excluding tert-OH is 1. The topological polar surface area (TPSA) is 75.9 Å². The van der Waals surface area contributed by atoms with Gasteiger partial charge in [-0.05, 0) is 31.7 Å². The second kappa shape index (κ2) is 6.49. The van der Waals surface area contributed by atoms with Crippen LogP contribution < -0.4 is 5.32 Å². The molecule has 0 bridgehead atoms. The maximum Gasteiger partial charge on any atom is 0.138 e. The van der Waals surface area contributed by atoms with Gasteiger partial charge in [0, 0.05) is 16.1 Å². The number of anilines is 1. The standard InChI is InChI=1S/C17H21N5OS/c1-2-11-8-12-16(18-10-19-17(12)24-11)21-14-4-3-5-15-13(14)9-20-22(15)6-7-23/h8-10,14,23H,2-7H2,1H3,(H,18,19,21)/t14-/m0/s1. The smallest absolute Gasteiger partial charge is 0.138 e. The Morgan fingerprint density at radius 3 is 3.17 bits per heavy atom. The Kier molecular flexibility index (Phi) is 4.20. The van der Waals surface area contributed by atoms with Gasteiger partial charge in [0.1, 0.15) is 17.0 Å². The highest BCUT2D eigenvalue weighted by molar-refractivity contribution is 7.18. The molecule has 0 aromatic carbocycles. The van der Waals surface area contributed by atoms with Gasteiger partial charge in [-0.15, -0.1) is 11.3 Å². The van der Waals surface area contributed by atoms with E-state index >= 15 is 0 Å². The lowest BCUT2D eigenvalue weighted by Gasteiger charge is -2.24. The van der Waals surface area contributed by atoms with Gasteiger partial charge in [0.05, 0.1) is 30.8 Å². The third-order valence-corrected chi connectivity index (χ3v) is 5.80. The third-order valence-electron chi connectivity index (χ3n) is 4.61. The van der Waals surface area contributed by atoms with E-state index in [1.807, 2.05) is 10.9 Å². The maximum absolute atomic E-state index is 9.19. The molecule has 0 fully saturated rings. The van der Waals surface area contributed by atoms with E-state index in [9.17, 15) is 5.11 Å². The summed E-state index contributed by atoms with van der Waals surface area (Å²) in [6.45, 7) is 2.84. The molecule has 1 atom stereocenters. The van der Waals surface area contributed by atoms with Gasteiger partial charge in [0.15, 0.2) is 0 Å². The normalized spacial score (nSPS) is 17.2. The first-order valence-electron chi connectivity index (χ1n) is 8.45. The minimum Gasteiger partial charge on any atom is -0.394 e. The van der Waals surface area contributed by atoms with Crippen LogP contribution in [0, 0.1) is 0 Å². The monoisotopic (exact) mass is 343 g/mol. The molecule has 0 saturated heterocycles. The molecule has 0 saturated carbocycles. The number of hydrogen-bond acceptors (Lipinski definition) is 6. The van der Waals surface area contributed by atoms with Crippen molar-refractivity contribution in [2.45, 2.75) is 45.2 Å². The minimum atomic E-state index is 0.118. The van der Waals surface area contributed by atoms with Crippen molar-refractivity contribution in [3.05, 3.63) is 34.7 Å². The molecule has 7 heteroatoms. The van der Waals surface area contributed by atoms with Crippen LogP contribution in [0.1, 0.15) is 41.9 Å². The van der Waals surface area contributed by atoms with Crippen molar-refractivity contribution in [2.24, 2.45) is 0 Å². The van der Waals surface area contributed by atoms with E-state index in [4.69, 9.17) is 0 Å². The Labute approximate surface area is 144 Å². The van der Waals surface area contributed by atoms with E-state index in [-0.39, 0.29) is 12.6 Å². The average Bonchev–Trinajstić information content (AvgIpc) is 3.21. The fourth-order valence-corrected chi connectivity index (χ4v) is 4.35. The summed E-state index contributed by atoms with van der Waals surface area (Å²) in [6.07, 6.45) is 7.78. The van der Waals surface area contributed by atoms with E-state index < -0.39 is 0 Å². The minimum absolute atomic E-state index is 0.118. The Morgan fingerprint density at radius 2 is 2.33 bits per heavy atom. The van der Waals surface area contributed by atoms with Crippen LogP contribution in [-0.2, 0) is 19.4 Å². The van der Waals surface area contributed by atoms with Crippen LogP contribution in [-0.4, -0.2) is 31.5 Å². The number of hydrogen-bond donors (Lipinski definition) is 2. The average molecular weight is 343 g/mol. The summed E-state index contributed by atoms with van der Waals surface area (Å²) < 4.78 is 1.93. The van der Waals surface area contributed by atoms with Crippen molar-refractivity contribution in [3.8, 4) is 0 Å². The van der Waals surface area contributed by atoms with Crippen molar-refractivity contribution in [1.82, 2.24) is 19.7 Å². The van der Waals surface area contributed by atoms with Gasteiger partial charge in [-0.1, -0.05) is 6.92 Å². The van der Waals surface area contributed by atoms with E-state index in [0.717, 1.165) is 41.7 Å². The van der Waals surface area contributed by atoms with E-state index in [2.05, 4.69) is 33.4 Å². The number of nitrogens with one attached hydrogen (secondary N) is 1. The maximum atomic E-state index is 9.19. The molecule has 3 aromatic heterocycles. The molecule has 4 rings (SSSR count). The van der Waals surface area contributed by atoms with Crippen LogP contribution in [0.2, 0.25) is 0 Å².